The Kier molecular flexibility index (Phi) is 4.51. The monoisotopic (exact) mass is 303 g/mol. The van der Waals surface area contributed by atoms with Gasteiger partial charge in [0.25, 0.3) is 5.91 Å². The number of benzene rings is 1. The Bertz CT molecular complexity index is 710. The Morgan fingerprint density at radius 3 is 2.71 bits per heavy atom. The first-order valence-electron chi connectivity index (χ1n) is 6.13. The Morgan fingerprint density at radius 2 is 2.10 bits per heavy atom. The van der Waals surface area contributed by atoms with Crippen LogP contribution < -0.4 is 5.32 Å². The maximum absolute atomic E-state index is 13.1. The van der Waals surface area contributed by atoms with Gasteiger partial charge in [-0.05, 0) is 30.7 Å². The minimum absolute atomic E-state index is 0.0165. The summed E-state index contributed by atoms with van der Waals surface area (Å²) in [6.07, 6.45) is 0.948. The third-order valence-corrected chi connectivity index (χ3v) is 3.24. The summed E-state index contributed by atoms with van der Waals surface area (Å²) >= 11 is 5.79. The number of hydrogen-bond donors (Lipinski definition) is 1. The van der Waals surface area contributed by atoms with E-state index in [0.29, 0.717) is 5.56 Å². The van der Waals surface area contributed by atoms with E-state index in [9.17, 15) is 9.18 Å². The van der Waals surface area contributed by atoms with Crippen molar-refractivity contribution in [3.05, 3.63) is 64.2 Å². The molecule has 1 amide bonds. The van der Waals surface area contributed by atoms with Gasteiger partial charge in [0, 0.05) is 0 Å². The average Bonchev–Trinajstić information content (AvgIpc) is 2.49. The SMILES string of the molecule is CC(NC(=O)c1cc(F)cnc1Cl)c1ccc(C#N)cc1. The Labute approximate surface area is 126 Å². The fraction of sp³-hybridized carbons (Fsp3) is 0.133. The van der Waals surface area contributed by atoms with E-state index in [1.165, 1.54) is 0 Å². The number of halogens is 2. The number of rotatable bonds is 3. The fourth-order valence-corrected chi connectivity index (χ4v) is 1.98. The second-order valence-corrected chi connectivity index (χ2v) is 4.78. The molecule has 1 N–H and O–H groups in total. The van der Waals surface area contributed by atoms with Gasteiger partial charge in [-0.1, -0.05) is 23.7 Å². The molecule has 0 aliphatic heterocycles. The molecule has 6 heteroatoms. The van der Waals surface area contributed by atoms with Crippen LogP contribution in [0.1, 0.15) is 34.5 Å². The molecular formula is C15H11ClFN3O. The average molecular weight is 304 g/mol. The normalized spacial score (nSPS) is 11.5. The highest BCUT2D eigenvalue weighted by Gasteiger charge is 2.16. The van der Waals surface area contributed by atoms with Gasteiger partial charge < -0.3 is 5.32 Å². The third kappa shape index (κ3) is 3.56. The number of aromatic nitrogens is 1. The molecule has 4 nitrogen and oxygen atoms in total. The van der Waals surface area contributed by atoms with Gasteiger partial charge in [-0.25, -0.2) is 9.37 Å². The van der Waals surface area contributed by atoms with Gasteiger partial charge in [0.15, 0.2) is 0 Å². The van der Waals surface area contributed by atoms with Gasteiger partial charge in [-0.3, -0.25) is 4.79 Å². The Balaban J connectivity index is 2.14. The molecule has 1 unspecified atom stereocenters. The zero-order chi connectivity index (χ0) is 15.4. The smallest absolute Gasteiger partial charge is 0.254 e. The summed E-state index contributed by atoms with van der Waals surface area (Å²) in [5.74, 6) is -1.14. The van der Waals surface area contributed by atoms with Crippen LogP contribution in [0.2, 0.25) is 5.15 Å². The number of nitriles is 1. The van der Waals surface area contributed by atoms with Crippen molar-refractivity contribution in [1.29, 1.82) is 5.26 Å². The van der Waals surface area contributed by atoms with Gasteiger partial charge in [-0.2, -0.15) is 5.26 Å². The minimum atomic E-state index is -0.629. The van der Waals surface area contributed by atoms with Crippen molar-refractivity contribution in [2.24, 2.45) is 0 Å². The zero-order valence-electron chi connectivity index (χ0n) is 11.1. The first-order chi connectivity index (χ1) is 10.0. The van der Waals surface area contributed by atoms with Gasteiger partial charge in [0.05, 0.1) is 29.4 Å². The molecule has 1 atom stereocenters. The lowest BCUT2D eigenvalue weighted by molar-refractivity contribution is 0.0939. The number of amides is 1. The molecule has 106 valence electrons. The molecule has 0 fully saturated rings. The van der Waals surface area contributed by atoms with Gasteiger partial charge >= 0.3 is 0 Å². The van der Waals surface area contributed by atoms with E-state index in [0.717, 1.165) is 17.8 Å². The van der Waals surface area contributed by atoms with Crippen LogP contribution in [-0.2, 0) is 0 Å². The highest BCUT2D eigenvalue weighted by Crippen LogP contribution is 2.17. The molecule has 2 aromatic rings. The van der Waals surface area contributed by atoms with Crippen LogP contribution in [0.4, 0.5) is 4.39 Å². The summed E-state index contributed by atoms with van der Waals surface area (Å²) in [6.45, 7) is 1.78. The number of carbonyl (C=O) groups is 1. The van der Waals surface area contributed by atoms with Crippen LogP contribution in [0, 0.1) is 17.1 Å². The third-order valence-electron chi connectivity index (χ3n) is 2.94. The van der Waals surface area contributed by atoms with E-state index < -0.39 is 11.7 Å². The molecule has 2 rings (SSSR count). The fourth-order valence-electron chi connectivity index (χ4n) is 1.79. The molecule has 0 saturated heterocycles. The van der Waals surface area contributed by atoms with Crippen LogP contribution in [0.25, 0.3) is 0 Å². The quantitative estimate of drug-likeness (QED) is 0.885. The van der Waals surface area contributed by atoms with Crippen molar-refractivity contribution in [2.45, 2.75) is 13.0 Å². The Morgan fingerprint density at radius 1 is 1.43 bits per heavy atom. The van der Waals surface area contributed by atoms with Crippen LogP contribution in [0.5, 0.6) is 0 Å². The number of hydrogen-bond acceptors (Lipinski definition) is 3. The number of carbonyl (C=O) groups excluding carboxylic acids is 1. The van der Waals surface area contributed by atoms with Gasteiger partial charge in [0.1, 0.15) is 11.0 Å². The van der Waals surface area contributed by atoms with Crippen molar-refractivity contribution in [3.63, 3.8) is 0 Å². The Hall–Kier alpha value is -2.45. The molecule has 1 heterocycles. The molecule has 0 spiro atoms. The van der Waals surface area contributed by atoms with E-state index in [4.69, 9.17) is 16.9 Å². The number of nitrogens with zero attached hydrogens (tertiary/aromatic N) is 2. The summed E-state index contributed by atoms with van der Waals surface area (Å²) in [6, 6.07) is 9.55. The summed E-state index contributed by atoms with van der Waals surface area (Å²) in [5, 5.41) is 11.4. The topological polar surface area (TPSA) is 65.8 Å². The van der Waals surface area contributed by atoms with Gasteiger partial charge in [-0.15, -0.1) is 0 Å². The van der Waals surface area contributed by atoms with Crippen LogP contribution in [-0.4, -0.2) is 10.9 Å². The second kappa shape index (κ2) is 6.33. The standard InChI is InChI=1S/C15H11ClFN3O/c1-9(11-4-2-10(7-18)3-5-11)20-15(21)13-6-12(17)8-19-14(13)16/h2-6,8-9H,1H3,(H,20,21). The summed E-state index contributed by atoms with van der Waals surface area (Å²) in [4.78, 5) is 15.7. The molecule has 0 bridgehead atoms. The van der Waals surface area contributed by atoms with Crippen molar-refractivity contribution >= 4 is 17.5 Å². The van der Waals surface area contributed by atoms with Crippen molar-refractivity contribution in [2.75, 3.05) is 0 Å². The highest BCUT2D eigenvalue weighted by atomic mass is 35.5. The molecule has 0 radical (unpaired) electrons. The molecule has 1 aromatic carbocycles. The van der Waals surface area contributed by atoms with Crippen molar-refractivity contribution in [3.8, 4) is 6.07 Å². The lowest BCUT2D eigenvalue weighted by Crippen LogP contribution is -2.27. The maximum atomic E-state index is 13.1. The van der Waals surface area contributed by atoms with Crippen LogP contribution in [0.3, 0.4) is 0 Å². The first-order valence-corrected chi connectivity index (χ1v) is 6.51. The summed E-state index contributed by atoms with van der Waals surface area (Å²) < 4.78 is 13.1. The number of nitrogens with one attached hydrogen (secondary N) is 1. The number of pyridine rings is 1. The molecular weight excluding hydrogens is 293 g/mol. The maximum Gasteiger partial charge on any atom is 0.254 e. The predicted molar refractivity (Wildman–Crippen MR) is 76.2 cm³/mol. The van der Waals surface area contributed by atoms with Crippen molar-refractivity contribution in [1.82, 2.24) is 10.3 Å². The van der Waals surface area contributed by atoms with E-state index in [1.54, 1.807) is 31.2 Å². The van der Waals surface area contributed by atoms with Crippen molar-refractivity contribution < 1.29 is 9.18 Å². The molecule has 1 aromatic heterocycles. The predicted octanol–water partition coefficient (Wildman–Crippen LogP) is 3.24. The highest BCUT2D eigenvalue weighted by molar-refractivity contribution is 6.32. The van der Waals surface area contributed by atoms with E-state index in [1.807, 2.05) is 6.07 Å². The molecule has 0 aliphatic rings. The van der Waals surface area contributed by atoms with Crippen LogP contribution in [0.15, 0.2) is 36.5 Å². The lowest BCUT2D eigenvalue weighted by atomic mass is 10.1. The minimum Gasteiger partial charge on any atom is -0.345 e. The van der Waals surface area contributed by atoms with Gasteiger partial charge in [0.2, 0.25) is 0 Å². The molecule has 0 saturated carbocycles. The molecule has 21 heavy (non-hydrogen) atoms. The lowest BCUT2D eigenvalue weighted by Gasteiger charge is -2.14. The second-order valence-electron chi connectivity index (χ2n) is 4.42. The van der Waals surface area contributed by atoms with E-state index in [-0.39, 0.29) is 16.8 Å². The zero-order valence-corrected chi connectivity index (χ0v) is 11.9. The van der Waals surface area contributed by atoms with E-state index >= 15 is 0 Å². The summed E-state index contributed by atoms with van der Waals surface area (Å²) in [7, 11) is 0. The first kappa shape index (κ1) is 14.9. The summed E-state index contributed by atoms with van der Waals surface area (Å²) in [5.41, 5.74) is 1.34. The van der Waals surface area contributed by atoms with E-state index in [2.05, 4.69) is 10.3 Å². The largest absolute Gasteiger partial charge is 0.345 e. The van der Waals surface area contributed by atoms with Crippen LogP contribution >= 0.6 is 11.6 Å². The molecule has 0 aliphatic carbocycles.